The van der Waals surface area contributed by atoms with Crippen LogP contribution in [0.5, 0.6) is 5.75 Å². The first-order valence-corrected chi connectivity index (χ1v) is 12.2. The molecule has 0 spiro atoms. The molecule has 194 valence electrons. The summed E-state index contributed by atoms with van der Waals surface area (Å²) in [6.07, 6.45) is 0.224. The van der Waals surface area contributed by atoms with Gasteiger partial charge in [0.25, 0.3) is 0 Å². The molecule has 0 unspecified atom stereocenters. The molecule has 1 saturated carbocycles. The van der Waals surface area contributed by atoms with E-state index in [0.717, 1.165) is 16.7 Å². The van der Waals surface area contributed by atoms with Crippen LogP contribution in [0.15, 0.2) is 78.9 Å². The zero-order valence-electron chi connectivity index (χ0n) is 20.9. The minimum Gasteiger partial charge on any atom is -0.497 e. The molecule has 0 saturated heterocycles. The normalized spacial score (nSPS) is 18.6. The first-order valence-electron chi connectivity index (χ1n) is 12.2. The summed E-state index contributed by atoms with van der Waals surface area (Å²) >= 11 is 0. The third-order valence-corrected chi connectivity index (χ3v) is 6.72. The number of amides is 2. The maximum Gasteiger partial charge on any atom is 0.410 e. The Morgan fingerprint density at radius 3 is 2.27 bits per heavy atom. The molecule has 7 nitrogen and oxygen atoms in total. The average molecular weight is 507 g/mol. The number of ether oxygens (including phenoxy) is 3. The van der Waals surface area contributed by atoms with Gasteiger partial charge in [-0.3, -0.25) is 0 Å². The van der Waals surface area contributed by atoms with Gasteiger partial charge in [0.1, 0.15) is 18.2 Å². The molecule has 0 heterocycles. The van der Waals surface area contributed by atoms with Crippen molar-refractivity contribution >= 4 is 12.2 Å². The standard InChI is InChI=1S/C29H31FN2O5/c1-35-24-14-8-20(9-15-24)18-32(29(34)37-19-21-6-4-3-5-7-21)26-17-16-25(31-28(33)36-2)27(26)22-10-12-23(30)13-11-22/h3-15,25-27H,16-19H2,1-2H3,(H,31,33)/t25-,26-,27+/m0/s1. The largest absolute Gasteiger partial charge is 0.497 e. The van der Waals surface area contributed by atoms with Crippen LogP contribution in [-0.2, 0) is 22.6 Å². The summed E-state index contributed by atoms with van der Waals surface area (Å²) in [5.41, 5.74) is 2.60. The van der Waals surface area contributed by atoms with E-state index in [1.54, 1.807) is 24.1 Å². The van der Waals surface area contributed by atoms with Gasteiger partial charge in [-0.25, -0.2) is 14.0 Å². The van der Waals surface area contributed by atoms with Crippen molar-refractivity contribution in [2.45, 2.75) is 44.0 Å². The first kappa shape index (κ1) is 26.0. The Kier molecular flexibility index (Phi) is 8.61. The van der Waals surface area contributed by atoms with Crippen LogP contribution < -0.4 is 10.1 Å². The van der Waals surface area contributed by atoms with Gasteiger partial charge in [0, 0.05) is 24.5 Å². The molecule has 1 N–H and O–H groups in total. The molecule has 0 aromatic heterocycles. The number of carbonyl (C=O) groups is 2. The third kappa shape index (κ3) is 6.58. The number of nitrogens with one attached hydrogen (secondary N) is 1. The zero-order valence-corrected chi connectivity index (χ0v) is 20.9. The van der Waals surface area contributed by atoms with Crippen LogP contribution in [0.1, 0.15) is 35.4 Å². The van der Waals surface area contributed by atoms with E-state index in [-0.39, 0.29) is 30.4 Å². The van der Waals surface area contributed by atoms with Crippen LogP contribution >= 0.6 is 0 Å². The van der Waals surface area contributed by atoms with Gasteiger partial charge in [0.2, 0.25) is 0 Å². The summed E-state index contributed by atoms with van der Waals surface area (Å²) in [4.78, 5) is 27.4. The number of hydrogen-bond acceptors (Lipinski definition) is 5. The lowest BCUT2D eigenvalue weighted by molar-refractivity contribution is 0.0737. The predicted molar refractivity (Wildman–Crippen MR) is 137 cm³/mol. The Morgan fingerprint density at radius 2 is 1.62 bits per heavy atom. The van der Waals surface area contributed by atoms with Gasteiger partial charge in [-0.1, -0.05) is 54.6 Å². The predicted octanol–water partition coefficient (Wildman–Crippen LogP) is 5.64. The molecule has 4 rings (SSSR count). The van der Waals surface area contributed by atoms with Gasteiger partial charge in [-0.05, 0) is 53.8 Å². The summed E-state index contributed by atoms with van der Waals surface area (Å²) in [7, 11) is 2.91. The lowest BCUT2D eigenvalue weighted by Gasteiger charge is -2.34. The summed E-state index contributed by atoms with van der Waals surface area (Å²) in [6, 6.07) is 22.5. The quantitative estimate of drug-likeness (QED) is 0.428. The van der Waals surface area contributed by atoms with Crippen molar-refractivity contribution < 1.29 is 28.2 Å². The van der Waals surface area contributed by atoms with Crippen molar-refractivity contribution in [1.29, 1.82) is 0 Å². The third-order valence-electron chi connectivity index (χ3n) is 6.72. The molecule has 37 heavy (non-hydrogen) atoms. The molecular formula is C29H31FN2O5. The maximum atomic E-state index is 13.7. The van der Waals surface area contributed by atoms with E-state index in [4.69, 9.17) is 14.2 Å². The van der Waals surface area contributed by atoms with Crippen molar-refractivity contribution in [3.63, 3.8) is 0 Å². The average Bonchev–Trinajstić information content (AvgIpc) is 3.34. The molecule has 1 aliphatic carbocycles. The SMILES string of the molecule is COC(=O)N[C@H]1CC[C@H](N(Cc2ccc(OC)cc2)C(=O)OCc2ccccc2)[C@@H]1c1ccc(F)cc1. The minimum atomic E-state index is -0.550. The number of alkyl carbamates (subject to hydrolysis) is 1. The number of nitrogens with zero attached hydrogens (tertiary/aromatic N) is 1. The van der Waals surface area contributed by atoms with E-state index >= 15 is 0 Å². The minimum absolute atomic E-state index is 0.135. The van der Waals surface area contributed by atoms with Gasteiger partial charge in [0.05, 0.1) is 14.2 Å². The molecule has 3 aromatic carbocycles. The number of halogens is 1. The molecular weight excluding hydrogens is 475 g/mol. The summed E-state index contributed by atoms with van der Waals surface area (Å²) < 4.78 is 29.6. The Labute approximate surface area is 216 Å². The second-order valence-corrected chi connectivity index (χ2v) is 8.98. The highest BCUT2D eigenvalue weighted by atomic mass is 19.1. The van der Waals surface area contributed by atoms with Gasteiger partial charge >= 0.3 is 12.2 Å². The molecule has 1 fully saturated rings. The summed E-state index contributed by atoms with van der Waals surface area (Å²) in [5, 5.41) is 2.90. The van der Waals surface area contributed by atoms with E-state index in [1.807, 2.05) is 54.6 Å². The lowest BCUT2D eigenvalue weighted by atomic mass is 9.90. The van der Waals surface area contributed by atoms with Gasteiger partial charge in [-0.15, -0.1) is 0 Å². The first-order chi connectivity index (χ1) is 18.0. The molecule has 0 bridgehead atoms. The van der Waals surface area contributed by atoms with Crippen LogP contribution in [0, 0.1) is 5.82 Å². The number of benzene rings is 3. The fourth-order valence-corrected chi connectivity index (χ4v) is 4.89. The Hall–Kier alpha value is -4.07. The molecule has 0 radical (unpaired) electrons. The maximum absolute atomic E-state index is 13.7. The molecule has 3 atom stereocenters. The van der Waals surface area contributed by atoms with Gasteiger partial charge in [0.15, 0.2) is 0 Å². The van der Waals surface area contributed by atoms with E-state index in [9.17, 15) is 14.0 Å². The number of rotatable bonds is 8. The van der Waals surface area contributed by atoms with Crippen LogP contribution in [0.2, 0.25) is 0 Å². The smallest absolute Gasteiger partial charge is 0.410 e. The number of hydrogen-bond donors (Lipinski definition) is 1. The van der Waals surface area contributed by atoms with Gasteiger partial charge < -0.3 is 24.4 Å². The van der Waals surface area contributed by atoms with Crippen molar-refractivity contribution in [3.8, 4) is 5.75 Å². The molecule has 8 heteroatoms. The number of methoxy groups -OCH3 is 2. The molecule has 2 amide bonds. The molecule has 3 aromatic rings. The highest BCUT2D eigenvalue weighted by Crippen LogP contribution is 2.39. The highest BCUT2D eigenvalue weighted by Gasteiger charge is 2.43. The Morgan fingerprint density at radius 1 is 0.919 bits per heavy atom. The Bertz CT molecular complexity index is 1170. The Balaban J connectivity index is 1.64. The van der Waals surface area contributed by atoms with Crippen molar-refractivity contribution in [3.05, 3.63) is 101 Å². The second-order valence-electron chi connectivity index (χ2n) is 8.98. The summed E-state index contributed by atoms with van der Waals surface area (Å²) in [6.45, 7) is 0.432. The van der Waals surface area contributed by atoms with Crippen molar-refractivity contribution in [1.82, 2.24) is 10.2 Å². The van der Waals surface area contributed by atoms with Crippen LogP contribution in [0.3, 0.4) is 0 Å². The van der Waals surface area contributed by atoms with Crippen LogP contribution in [-0.4, -0.2) is 43.4 Å². The highest BCUT2D eigenvalue weighted by molar-refractivity contribution is 5.69. The van der Waals surface area contributed by atoms with E-state index in [2.05, 4.69) is 5.32 Å². The summed E-state index contributed by atoms with van der Waals surface area (Å²) in [5.74, 6) is 0.0738. The van der Waals surface area contributed by atoms with Crippen molar-refractivity contribution in [2.75, 3.05) is 14.2 Å². The lowest BCUT2D eigenvalue weighted by Crippen LogP contribution is -2.45. The van der Waals surface area contributed by atoms with Crippen LogP contribution in [0.25, 0.3) is 0 Å². The molecule has 1 aliphatic rings. The zero-order chi connectivity index (χ0) is 26.2. The monoisotopic (exact) mass is 506 g/mol. The van der Waals surface area contributed by atoms with E-state index in [1.165, 1.54) is 19.2 Å². The van der Waals surface area contributed by atoms with E-state index in [0.29, 0.717) is 25.1 Å². The van der Waals surface area contributed by atoms with E-state index < -0.39 is 12.2 Å². The topological polar surface area (TPSA) is 77.1 Å². The van der Waals surface area contributed by atoms with Gasteiger partial charge in [-0.2, -0.15) is 0 Å². The number of carbonyl (C=O) groups excluding carboxylic acids is 2. The fraction of sp³-hybridized carbons (Fsp3) is 0.310. The molecule has 0 aliphatic heterocycles. The fourth-order valence-electron chi connectivity index (χ4n) is 4.89. The van der Waals surface area contributed by atoms with Crippen LogP contribution in [0.4, 0.5) is 14.0 Å². The second kappa shape index (κ2) is 12.3. The van der Waals surface area contributed by atoms with Crippen molar-refractivity contribution in [2.24, 2.45) is 0 Å².